The summed E-state index contributed by atoms with van der Waals surface area (Å²) >= 11 is 0. The highest BCUT2D eigenvalue weighted by molar-refractivity contribution is 5.65. The van der Waals surface area contributed by atoms with Crippen LogP contribution in [0.5, 0.6) is 17.2 Å². The van der Waals surface area contributed by atoms with Gasteiger partial charge in [-0.25, -0.2) is 4.79 Å². The fourth-order valence-corrected chi connectivity index (χ4v) is 1.49. The van der Waals surface area contributed by atoms with Crippen molar-refractivity contribution in [1.82, 2.24) is 0 Å². The first-order chi connectivity index (χ1) is 7.70. The Labute approximate surface area is 92.9 Å². The maximum Gasteiger partial charge on any atom is 0.513 e. The molecule has 0 radical (unpaired) electrons. The van der Waals surface area contributed by atoms with E-state index in [9.17, 15) is 4.79 Å². The zero-order valence-corrected chi connectivity index (χ0v) is 9.11. The molecule has 16 heavy (non-hydrogen) atoms. The number of aryl methyl sites for hydroxylation is 1. The van der Waals surface area contributed by atoms with Crippen molar-refractivity contribution in [2.45, 2.75) is 6.92 Å². The third kappa shape index (κ3) is 2.03. The third-order valence-corrected chi connectivity index (χ3v) is 2.17. The van der Waals surface area contributed by atoms with Crippen LogP contribution in [0.3, 0.4) is 0 Å². The summed E-state index contributed by atoms with van der Waals surface area (Å²) in [5.41, 5.74) is 0.858. The molecule has 0 amide bonds. The Kier molecular flexibility index (Phi) is 2.85. The minimum absolute atomic E-state index is 0.383. The summed E-state index contributed by atoms with van der Waals surface area (Å²) in [5.74, 6) is 1.67. The molecule has 0 saturated heterocycles. The predicted octanol–water partition coefficient (Wildman–Crippen LogP) is 1.91. The fourth-order valence-electron chi connectivity index (χ4n) is 1.49. The van der Waals surface area contributed by atoms with Crippen molar-refractivity contribution in [3.8, 4) is 17.2 Å². The Hall–Kier alpha value is -1.91. The molecule has 0 unspecified atom stereocenters. The van der Waals surface area contributed by atoms with Crippen LogP contribution < -0.4 is 14.2 Å². The molecule has 0 bridgehead atoms. The Morgan fingerprint density at radius 3 is 2.81 bits per heavy atom. The van der Waals surface area contributed by atoms with Gasteiger partial charge in [0.1, 0.15) is 19.0 Å². The van der Waals surface area contributed by atoms with Crippen LogP contribution in [0.15, 0.2) is 12.1 Å². The number of carbonyl (C=O) groups excluding carboxylic acids is 1. The molecule has 1 heterocycles. The number of rotatable bonds is 1. The van der Waals surface area contributed by atoms with Crippen molar-refractivity contribution in [3.05, 3.63) is 17.7 Å². The monoisotopic (exact) mass is 224 g/mol. The first-order valence-electron chi connectivity index (χ1n) is 4.87. The van der Waals surface area contributed by atoms with Gasteiger partial charge in [0.25, 0.3) is 0 Å². The summed E-state index contributed by atoms with van der Waals surface area (Å²) < 4.78 is 20.2. The average Bonchev–Trinajstić information content (AvgIpc) is 2.29. The summed E-state index contributed by atoms with van der Waals surface area (Å²) in [6, 6.07) is 3.31. The number of hydrogen-bond donors (Lipinski definition) is 0. The molecule has 5 heteroatoms. The molecule has 0 aromatic heterocycles. The molecule has 0 aliphatic carbocycles. The Morgan fingerprint density at radius 1 is 1.31 bits per heavy atom. The standard InChI is InChI=1S/C11H12O5/c1-7-5-8(16-11(12)13-2)6-9-10(7)15-4-3-14-9/h5-6H,3-4H2,1-2H3. The number of methoxy groups -OCH3 is 1. The van der Waals surface area contributed by atoms with Crippen molar-refractivity contribution >= 4 is 6.16 Å². The smallest absolute Gasteiger partial charge is 0.486 e. The lowest BCUT2D eigenvalue weighted by Crippen LogP contribution is -2.16. The van der Waals surface area contributed by atoms with E-state index in [-0.39, 0.29) is 0 Å². The summed E-state index contributed by atoms with van der Waals surface area (Å²) in [7, 11) is 1.26. The minimum atomic E-state index is -0.754. The van der Waals surface area contributed by atoms with Gasteiger partial charge in [0.2, 0.25) is 0 Å². The normalized spacial score (nSPS) is 13.1. The van der Waals surface area contributed by atoms with Gasteiger partial charge >= 0.3 is 6.16 Å². The van der Waals surface area contributed by atoms with E-state index in [0.29, 0.717) is 30.5 Å². The highest BCUT2D eigenvalue weighted by atomic mass is 16.7. The summed E-state index contributed by atoms with van der Waals surface area (Å²) in [6.45, 7) is 2.89. The Morgan fingerprint density at radius 2 is 2.06 bits per heavy atom. The van der Waals surface area contributed by atoms with Crippen LogP contribution in [0, 0.1) is 6.92 Å². The zero-order valence-electron chi connectivity index (χ0n) is 9.11. The van der Waals surface area contributed by atoms with E-state index in [1.54, 1.807) is 12.1 Å². The molecule has 5 nitrogen and oxygen atoms in total. The first kappa shape index (κ1) is 10.6. The second kappa shape index (κ2) is 4.30. The topological polar surface area (TPSA) is 54.0 Å². The van der Waals surface area contributed by atoms with Crippen LogP contribution in [0.25, 0.3) is 0 Å². The molecule has 1 aromatic rings. The second-order valence-electron chi connectivity index (χ2n) is 3.32. The molecule has 2 rings (SSSR count). The highest BCUT2D eigenvalue weighted by Gasteiger charge is 2.17. The highest BCUT2D eigenvalue weighted by Crippen LogP contribution is 2.37. The molecule has 0 saturated carbocycles. The lowest BCUT2D eigenvalue weighted by molar-refractivity contribution is 0.120. The molecule has 1 aliphatic heterocycles. The van der Waals surface area contributed by atoms with Gasteiger partial charge in [-0.3, -0.25) is 0 Å². The van der Waals surface area contributed by atoms with Crippen LogP contribution in [0.2, 0.25) is 0 Å². The van der Waals surface area contributed by atoms with Gasteiger partial charge in [-0.2, -0.15) is 0 Å². The van der Waals surface area contributed by atoms with Crippen molar-refractivity contribution in [1.29, 1.82) is 0 Å². The van der Waals surface area contributed by atoms with Crippen LogP contribution in [0.1, 0.15) is 5.56 Å². The molecule has 0 spiro atoms. The molecular weight excluding hydrogens is 212 g/mol. The predicted molar refractivity (Wildman–Crippen MR) is 55.2 cm³/mol. The number of carbonyl (C=O) groups is 1. The van der Waals surface area contributed by atoms with Gasteiger partial charge in [-0.1, -0.05) is 0 Å². The lowest BCUT2D eigenvalue weighted by Gasteiger charge is -2.20. The summed E-state index contributed by atoms with van der Waals surface area (Å²) in [6.07, 6.45) is -0.754. The Bertz CT molecular complexity index is 413. The summed E-state index contributed by atoms with van der Waals surface area (Å²) in [5, 5.41) is 0. The maximum atomic E-state index is 10.9. The van der Waals surface area contributed by atoms with E-state index < -0.39 is 6.16 Å². The SMILES string of the molecule is COC(=O)Oc1cc(C)c2c(c1)OCCO2. The van der Waals surface area contributed by atoms with Gasteiger partial charge in [0, 0.05) is 6.07 Å². The van der Waals surface area contributed by atoms with Crippen LogP contribution in [-0.2, 0) is 4.74 Å². The zero-order chi connectivity index (χ0) is 11.5. The van der Waals surface area contributed by atoms with Crippen molar-refractivity contribution < 1.29 is 23.7 Å². The number of fused-ring (bicyclic) bond motifs is 1. The van der Waals surface area contributed by atoms with Crippen molar-refractivity contribution in [3.63, 3.8) is 0 Å². The fraction of sp³-hybridized carbons (Fsp3) is 0.364. The molecule has 0 N–H and O–H groups in total. The number of benzene rings is 1. The molecule has 1 aliphatic rings. The van der Waals surface area contributed by atoms with Gasteiger partial charge < -0.3 is 18.9 Å². The lowest BCUT2D eigenvalue weighted by atomic mass is 10.2. The Balaban J connectivity index is 2.28. The van der Waals surface area contributed by atoms with Gasteiger partial charge in [-0.15, -0.1) is 0 Å². The van der Waals surface area contributed by atoms with Crippen LogP contribution >= 0.6 is 0 Å². The summed E-state index contributed by atoms with van der Waals surface area (Å²) in [4.78, 5) is 10.9. The number of ether oxygens (including phenoxy) is 4. The molecular formula is C11H12O5. The van der Waals surface area contributed by atoms with E-state index in [4.69, 9.17) is 14.2 Å². The quantitative estimate of drug-likeness (QED) is 0.538. The molecule has 0 atom stereocenters. The van der Waals surface area contributed by atoms with Crippen LogP contribution in [0.4, 0.5) is 4.79 Å². The van der Waals surface area contributed by atoms with Gasteiger partial charge in [0.05, 0.1) is 7.11 Å². The van der Waals surface area contributed by atoms with Gasteiger partial charge in [-0.05, 0) is 18.6 Å². The van der Waals surface area contributed by atoms with Crippen molar-refractivity contribution in [2.75, 3.05) is 20.3 Å². The largest absolute Gasteiger partial charge is 0.513 e. The first-order valence-corrected chi connectivity index (χ1v) is 4.87. The van der Waals surface area contributed by atoms with E-state index >= 15 is 0 Å². The van der Waals surface area contributed by atoms with E-state index in [2.05, 4.69) is 4.74 Å². The second-order valence-corrected chi connectivity index (χ2v) is 3.32. The number of hydrogen-bond acceptors (Lipinski definition) is 5. The van der Waals surface area contributed by atoms with Crippen LogP contribution in [-0.4, -0.2) is 26.5 Å². The van der Waals surface area contributed by atoms with Gasteiger partial charge in [0.15, 0.2) is 11.5 Å². The van der Waals surface area contributed by atoms with E-state index in [0.717, 1.165) is 5.56 Å². The third-order valence-electron chi connectivity index (χ3n) is 2.17. The maximum absolute atomic E-state index is 10.9. The molecule has 0 fully saturated rings. The van der Waals surface area contributed by atoms with E-state index in [1.807, 2.05) is 6.92 Å². The van der Waals surface area contributed by atoms with Crippen molar-refractivity contribution in [2.24, 2.45) is 0 Å². The molecule has 86 valence electrons. The van der Waals surface area contributed by atoms with E-state index in [1.165, 1.54) is 7.11 Å². The minimum Gasteiger partial charge on any atom is -0.486 e. The average molecular weight is 224 g/mol. The molecule has 1 aromatic carbocycles.